The highest BCUT2D eigenvalue weighted by Crippen LogP contribution is 2.22. The van der Waals surface area contributed by atoms with Crippen LogP contribution < -0.4 is 15.4 Å². The van der Waals surface area contributed by atoms with E-state index in [0.717, 1.165) is 41.1 Å². The van der Waals surface area contributed by atoms with E-state index in [0.29, 0.717) is 5.11 Å². The summed E-state index contributed by atoms with van der Waals surface area (Å²) in [6.07, 6.45) is 2.92. The minimum absolute atomic E-state index is 0.585. The normalized spacial score (nSPS) is 10.3. The number of ether oxygens (including phenoxy) is 1. The Morgan fingerprint density at radius 1 is 1.41 bits per heavy atom. The number of nitrogens with one attached hydrogen (secondary N) is 2. The first-order valence-electron chi connectivity index (χ1n) is 6.97. The van der Waals surface area contributed by atoms with Gasteiger partial charge in [-0.25, -0.2) is 0 Å². The lowest BCUT2D eigenvalue weighted by molar-refractivity contribution is 0.417. The van der Waals surface area contributed by atoms with Crippen molar-refractivity contribution in [2.75, 3.05) is 19.0 Å². The maximum atomic E-state index is 5.29. The lowest BCUT2D eigenvalue weighted by atomic mass is 10.3. The molecule has 0 aliphatic carbocycles. The molecule has 7 heteroatoms. The van der Waals surface area contributed by atoms with Crippen LogP contribution in [0.5, 0.6) is 5.75 Å². The van der Waals surface area contributed by atoms with E-state index in [9.17, 15) is 0 Å². The largest absolute Gasteiger partial charge is 0.495 e. The summed E-state index contributed by atoms with van der Waals surface area (Å²) in [6.45, 7) is 3.60. The van der Waals surface area contributed by atoms with Gasteiger partial charge < -0.3 is 15.4 Å². The summed E-state index contributed by atoms with van der Waals surface area (Å²) in [7, 11) is 1.64. The molecule has 0 amide bonds. The van der Waals surface area contributed by atoms with Gasteiger partial charge in [0.25, 0.3) is 0 Å². The minimum atomic E-state index is 0.585. The van der Waals surface area contributed by atoms with Gasteiger partial charge in [-0.2, -0.15) is 5.10 Å². The third-order valence-electron chi connectivity index (χ3n) is 3.09. The predicted octanol–water partition coefficient (Wildman–Crippen LogP) is 3.34. The van der Waals surface area contributed by atoms with Crippen LogP contribution in [0.2, 0.25) is 0 Å². The van der Waals surface area contributed by atoms with Crippen molar-refractivity contribution in [3.63, 3.8) is 0 Å². The van der Waals surface area contributed by atoms with E-state index in [4.69, 9.17) is 17.0 Å². The molecule has 0 radical (unpaired) electrons. The summed E-state index contributed by atoms with van der Waals surface area (Å²) in [4.78, 5) is 0. The third-order valence-corrected chi connectivity index (χ3v) is 4.12. The molecule has 0 aliphatic heterocycles. The molecule has 2 N–H and O–H groups in total. The Kier molecular flexibility index (Phi) is 6.21. The van der Waals surface area contributed by atoms with Crippen molar-refractivity contribution in [3.8, 4) is 5.75 Å². The highest BCUT2D eigenvalue weighted by molar-refractivity contribution is 9.10. The fraction of sp³-hybridized carbons (Fsp3) is 0.333. The van der Waals surface area contributed by atoms with E-state index in [1.807, 2.05) is 42.1 Å². The van der Waals surface area contributed by atoms with Crippen LogP contribution in [0.25, 0.3) is 0 Å². The molecule has 0 bridgehead atoms. The van der Waals surface area contributed by atoms with E-state index >= 15 is 0 Å². The zero-order valence-electron chi connectivity index (χ0n) is 12.6. The second-order valence-corrected chi connectivity index (χ2v) is 6.02. The Morgan fingerprint density at radius 2 is 2.18 bits per heavy atom. The van der Waals surface area contributed by atoms with Crippen LogP contribution in [-0.2, 0) is 6.54 Å². The molecule has 1 heterocycles. The molecule has 0 fully saturated rings. The van der Waals surface area contributed by atoms with Crippen LogP contribution >= 0.6 is 28.1 Å². The number of aryl methyl sites for hydroxylation is 2. The summed E-state index contributed by atoms with van der Waals surface area (Å²) < 4.78 is 8.24. The average molecular weight is 383 g/mol. The van der Waals surface area contributed by atoms with E-state index < -0.39 is 0 Å². The number of benzene rings is 1. The van der Waals surface area contributed by atoms with Crippen molar-refractivity contribution in [1.29, 1.82) is 0 Å². The van der Waals surface area contributed by atoms with Gasteiger partial charge in [-0.05, 0) is 53.6 Å². The minimum Gasteiger partial charge on any atom is -0.495 e. The van der Waals surface area contributed by atoms with Crippen molar-refractivity contribution >= 4 is 38.9 Å². The second-order valence-electron chi connectivity index (χ2n) is 4.76. The molecule has 0 spiro atoms. The predicted molar refractivity (Wildman–Crippen MR) is 96.5 cm³/mol. The number of thiocarbonyl (C=S) groups is 1. The number of methoxy groups -OCH3 is 1. The standard InChI is InChI=1S/C15H19BrN4OS/c1-11-12(16)10-20(19-11)9-5-8-17-15(22)18-13-6-3-4-7-14(13)21-2/h3-4,6-7,10H,5,8-9H2,1-2H3,(H2,17,18,22). The van der Waals surface area contributed by atoms with Gasteiger partial charge in [0.15, 0.2) is 5.11 Å². The Labute approximate surface area is 144 Å². The molecule has 2 rings (SSSR count). The number of anilines is 1. The topological polar surface area (TPSA) is 51.1 Å². The molecular formula is C15H19BrN4OS. The van der Waals surface area contributed by atoms with Crippen LogP contribution in [0.1, 0.15) is 12.1 Å². The van der Waals surface area contributed by atoms with E-state index in [1.54, 1.807) is 7.11 Å². The van der Waals surface area contributed by atoms with Crippen LogP contribution in [0.3, 0.4) is 0 Å². The van der Waals surface area contributed by atoms with Crippen molar-refractivity contribution in [2.24, 2.45) is 0 Å². The van der Waals surface area contributed by atoms with Gasteiger partial charge in [0.1, 0.15) is 5.75 Å². The fourth-order valence-electron chi connectivity index (χ4n) is 1.97. The molecule has 0 aliphatic rings. The van der Waals surface area contributed by atoms with Crippen molar-refractivity contribution in [3.05, 3.63) is 40.6 Å². The van der Waals surface area contributed by atoms with Crippen LogP contribution in [0.4, 0.5) is 5.69 Å². The second kappa shape index (κ2) is 8.14. The number of rotatable bonds is 6. The molecule has 118 valence electrons. The molecule has 2 aromatic rings. The lowest BCUT2D eigenvalue weighted by Crippen LogP contribution is -2.30. The maximum absolute atomic E-state index is 5.29. The summed E-state index contributed by atoms with van der Waals surface area (Å²) in [5.74, 6) is 0.767. The summed E-state index contributed by atoms with van der Waals surface area (Å²) in [5, 5.41) is 11.3. The zero-order valence-corrected chi connectivity index (χ0v) is 15.0. The number of nitrogens with zero attached hydrogens (tertiary/aromatic N) is 2. The molecule has 0 unspecified atom stereocenters. The van der Waals surface area contributed by atoms with Crippen LogP contribution in [0.15, 0.2) is 34.9 Å². The monoisotopic (exact) mass is 382 g/mol. The molecule has 1 aromatic heterocycles. The summed E-state index contributed by atoms with van der Waals surface area (Å²) in [5.41, 5.74) is 1.86. The van der Waals surface area contributed by atoms with Gasteiger partial charge in [0.2, 0.25) is 0 Å². The van der Waals surface area contributed by atoms with Gasteiger partial charge in [-0.1, -0.05) is 12.1 Å². The smallest absolute Gasteiger partial charge is 0.170 e. The van der Waals surface area contributed by atoms with E-state index in [-0.39, 0.29) is 0 Å². The summed E-state index contributed by atoms with van der Waals surface area (Å²) in [6, 6.07) is 7.68. The highest BCUT2D eigenvalue weighted by atomic mass is 79.9. The molecule has 22 heavy (non-hydrogen) atoms. The molecule has 1 aromatic carbocycles. The van der Waals surface area contributed by atoms with Gasteiger partial charge in [-0.3, -0.25) is 4.68 Å². The quantitative estimate of drug-likeness (QED) is 0.592. The number of para-hydroxylation sites is 2. The Bertz CT molecular complexity index is 625. The van der Waals surface area contributed by atoms with Gasteiger partial charge >= 0.3 is 0 Å². The fourth-order valence-corrected chi connectivity index (χ4v) is 2.49. The Morgan fingerprint density at radius 3 is 2.86 bits per heavy atom. The highest BCUT2D eigenvalue weighted by Gasteiger charge is 2.04. The molecule has 0 atom stereocenters. The first-order chi connectivity index (χ1) is 10.6. The molecular weight excluding hydrogens is 364 g/mol. The molecule has 0 saturated heterocycles. The van der Waals surface area contributed by atoms with Crippen LogP contribution in [0, 0.1) is 6.92 Å². The first kappa shape index (κ1) is 16.8. The van der Waals surface area contributed by atoms with Gasteiger partial charge in [0.05, 0.1) is 23.0 Å². The first-order valence-corrected chi connectivity index (χ1v) is 8.17. The number of hydrogen-bond acceptors (Lipinski definition) is 3. The number of aromatic nitrogens is 2. The Hall–Kier alpha value is -1.60. The van der Waals surface area contributed by atoms with Crippen molar-refractivity contribution in [2.45, 2.75) is 19.9 Å². The van der Waals surface area contributed by atoms with Gasteiger partial charge in [-0.15, -0.1) is 0 Å². The Balaban J connectivity index is 1.74. The van der Waals surface area contributed by atoms with Crippen LogP contribution in [-0.4, -0.2) is 28.5 Å². The summed E-state index contributed by atoms with van der Waals surface area (Å²) >= 11 is 8.75. The number of hydrogen-bond donors (Lipinski definition) is 2. The lowest BCUT2D eigenvalue weighted by Gasteiger charge is -2.13. The molecule has 5 nitrogen and oxygen atoms in total. The zero-order chi connectivity index (χ0) is 15.9. The SMILES string of the molecule is COc1ccccc1NC(=S)NCCCn1cc(Br)c(C)n1. The van der Waals surface area contributed by atoms with Gasteiger partial charge in [0, 0.05) is 19.3 Å². The van der Waals surface area contributed by atoms with E-state index in [2.05, 4.69) is 31.7 Å². The van der Waals surface area contributed by atoms with Crippen molar-refractivity contribution in [1.82, 2.24) is 15.1 Å². The average Bonchev–Trinajstić information content (AvgIpc) is 2.83. The van der Waals surface area contributed by atoms with Crippen molar-refractivity contribution < 1.29 is 4.74 Å². The maximum Gasteiger partial charge on any atom is 0.170 e. The molecule has 0 saturated carbocycles. The number of halogens is 1. The van der Waals surface area contributed by atoms with E-state index in [1.165, 1.54) is 0 Å². The third kappa shape index (κ3) is 4.71.